The van der Waals surface area contributed by atoms with Gasteiger partial charge in [0.2, 0.25) is 5.91 Å². The third-order valence-corrected chi connectivity index (χ3v) is 4.82. The summed E-state index contributed by atoms with van der Waals surface area (Å²) in [6.07, 6.45) is 3.56. The second kappa shape index (κ2) is 7.70. The molecule has 2 aliphatic rings. The summed E-state index contributed by atoms with van der Waals surface area (Å²) < 4.78 is 5.38. The molecule has 26 heavy (non-hydrogen) atoms. The molecule has 0 atom stereocenters. The highest BCUT2D eigenvalue weighted by Gasteiger charge is 2.22. The van der Waals surface area contributed by atoms with Gasteiger partial charge in [0, 0.05) is 31.4 Å². The van der Waals surface area contributed by atoms with E-state index < -0.39 is 0 Å². The first-order valence-electron chi connectivity index (χ1n) is 9.08. The zero-order valence-electron chi connectivity index (χ0n) is 14.7. The molecule has 4 rings (SSSR count). The zero-order valence-corrected chi connectivity index (χ0v) is 14.7. The first kappa shape index (κ1) is 16.8. The number of ether oxygens (including phenoxy) is 1. The van der Waals surface area contributed by atoms with E-state index in [1.807, 2.05) is 29.2 Å². The molecule has 0 spiro atoms. The highest BCUT2D eigenvalue weighted by molar-refractivity contribution is 5.97. The molecule has 2 aromatic rings. The van der Waals surface area contributed by atoms with Crippen molar-refractivity contribution in [3.63, 3.8) is 0 Å². The lowest BCUT2D eigenvalue weighted by atomic mass is 10.0. The topological polar surface area (TPSA) is 70.6 Å². The van der Waals surface area contributed by atoms with E-state index in [4.69, 9.17) is 4.74 Å². The van der Waals surface area contributed by atoms with Crippen LogP contribution < -0.4 is 15.1 Å². The average Bonchev–Trinajstić information content (AvgIpc) is 2.72. The quantitative estimate of drug-likeness (QED) is 0.902. The van der Waals surface area contributed by atoms with Crippen molar-refractivity contribution in [2.75, 3.05) is 54.5 Å². The molecule has 1 aromatic heterocycles. The molecule has 0 saturated carbocycles. The maximum Gasteiger partial charge on any atom is 0.246 e. The van der Waals surface area contributed by atoms with Crippen LogP contribution in [-0.2, 0) is 16.0 Å². The van der Waals surface area contributed by atoms with Gasteiger partial charge in [-0.15, -0.1) is 0 Å². The minimum Gasteiger partial charge on any atom is -0.378 e. The number of carbonyl (C=O) groups excluding carboxylic acids is 1. The Bertz CT molecular complexity index is 776. The number of para-hydroxylation sites is 1. The minimum atomic E-state index is 0.0590. The first-order valence-corrected chi connectivity index (χ1v) is 9.08. The van der Waals surface area contributed by atoms with E-state index in [0.29, 0.717) is 19.0 Å². The van der Waals surface area contributed by atoms with Crippen molar-refractivity contribution in [2.24, 2.45) is 0 Å². The van der Waals surface area contributed by atoms with Crippen LogP contribution in [0.5, 0.6) is 0 Å². The fraction of sp³-hybridized carbons (Fsp3) is 0.421. The number of fused-ring (bicyclic) bond motifs is 1. The Kier molecular flexibility index (Phi) is 4.97. The van der Waals surface area contributed by atoms with Gasteiger partial charge in [-0.1, -0.05) is 18.2 Å². The third kappa shape index (κ3) is 3.62. The SMILES string of the molecule is O=C(CNc1cc(N2CCOCC2)ncn1)N1CCCc2ccccc21. The zero-order chi connectivity index (χ0) is 17.8. The van der Waals surface area contributed by atoms with Gasteiger partial charge in [0.1, 0.15) is 18.0 Å². The first-order chi connectivity index (χ1) is 12.8. The summed E-state index contributed by atoms with van der Waals surface area (Å²) in [4.78, 5) is 25.3. The lowest BCUT2D eigenvalue weighted by Gasteiger charge is -2.29. The molecule has 3 heterocycles. The van der Waals surface area contributed by atoms with Crippen molar-refractivity contribution in [1.82, 2.24) is 9.97 Å². The van der Waals surface area contributed by atoms with Crippen LogP contribution in [0.1, 0.15) is 12.0 Å². The Labute approximate surface area is 153 Å². The number of aromatic nitrogens is 2. The molecule has 1 saturated heterocycles. The summed E-state index contributed by atoms with van der Waals surface area (Å²) in [6, 6.07) is 10.0. The smallest absolute Gasteiger partial charge is 0.246 e. The van der Waals surface area contributed by atoms with E-state index in [9.17, 15) is 4.79 Å². The number of nitrogens with one attached hydrogen (secondary N) is 1. The maximum atomic E-state index is 12.7. The molecule has 1 amide bonds. The van der Waals surface area contributed by atoms with Crippen molar-refractivity contribution < 1.29 is 9.53 Å². The van der Waals surface area contributed by atoms with Gasteiger partial charge in [0.15, 0.2) is 0 Å². The molecule has 1 fully saturated rings. The summed E-state index contributed by atoms with van der Waals surface area (Å²) in [6.45, 7) is 4.04. The Morgan fingerprint density at radius 1 is 1.15 bits per heavy atom. The average molecular weight is 353 g/mol. The molecule has 0 aliphatic carbocycles. The predicted octanol–water partition coefficient (Wildman–Crippen LogP) is 1.70. The van der Waals surface area contributed by atoms with Crippen LogP contribution in [0, 0.1) is 0 Å². The van der Waals surface area contributed by atoms with Gasteiger partial charge < -0.3 is 19.9 Å². The number of nitrogens with zero attached hydrogens (tertiary/aromatic N) is 4. The van der Waals surface area contributed by atoms with Crippen molar-refractivity contribution in [3.05, 3.63) is 42.2 Å². The molecule has 2 aliphatic heterocycles. The Morgan fingerprint density at radius 2 is 2.00 bits per heavy atom. The molecule has 0 unspecified atom stereocenters. The number of aryl methyl sites for hydroxylation is 1. The number of amides is 1. The number of rotatable bonds is 4. The van der Waals surface area contributed by atoms with E-state index in [0.717, 1.165) is 44.0 Å². The van der Waals surface area contributed by atoms with Crippen LogP contribution in [0.3, 0.4) is 0 Å². The minimum absolute atomic E-state index is 0.0590. The third-order valence-electron chi connectivity index (χ3n) is 4.82. The normalized spacial score (nSPS) is 16.9. The Morgan fingerprint density at radius 3 is 2.88 bits per heavy atom. The number of hydrogen-bond donors (Lipinski definition) is 1. The maximum absolute atomic E-state index is 12.7. The van der Waals surface area contributed by atoms with E-state index in [2.05, 4.69) is 26.3 Å². The van der Waals surface area contributed by atoms with Gasteiger partial charge in [0.25, 0.3) is 0 Å². The van der Waals surface area contributed by atoms with Crippen LogP contribution in [0.25, 0.3) is 0 Å². The summed E-state index contributed by atoms with van der Waals surface area (Å²) in [7, 11) is 0. The van der Waals surface area contributed by atoms with E-state index in [1.165, 1.54) is 11.9 Å². The van der Waals surface area contributed by atoms with Crippen LogP contribution in [0.15, 0.2) is 36.7 Å². The van der Waals surface area contributed by atoms with Crippen molar-refractivity contribution in [3.8, 4) is 0 Å². The standard InChI is InChI=1S/C19H23N5O2/c25-19(24-7-3-5-15-4-1-2-6-16(15)24)13-20-17-12-18(22-14-21-17)23-8-10-26-11-9-23/h1-2,4,6,12,14H,3,5,7-11,13H2,(H,20,21,22). The fourth-order valence-corrected chi connectivity index (χ4v) is 3.46. The number of benzene rings is 1. The molecule has 0 radical (unpaired) electrons. The molecule has 0 bridgehead atoms. The molecule has 1 aromatic carbocycles. The predicted molar refractivity (Wildman–Crippen MR) is 101 cm³/mol. The second-order valence-electron chi connectivity index (χ2n) is 6.49. The summed E-state index contributed by atoms with van der Waals surface area (Å²) in [5.74, 6) is 1.59. The number of carbonyl (C=O) groups is 1. The van der Waals surface area contributed by atoms with Crippen LogP contribution >= 0.6 is 0 Å². The fourth-order valence-electron chi connectivity index (χ4n) is 3.46. The van der Waals surface area contributed by atoms with Gasteiger partial charge in [-0.05, 0) is 24.5 Å². The monoisotopic (exact) mass is 353 g/mol. The van der Waals surface area contributed by atoms with Gasteiger partial charge in [-0.3, -0.25) is 4.79 Å². The highest BCUT2D eigenvalue weighted by atomic mass is 16.5. The molecule has 7 heteroatoms. The van der Waals surface area contributed by atoms with E-state index >= 15 is 0 Å². The summed E-state index contributed by atoms with van der Waals surface area (Å²) in [5, 5.41) is 3.15. The summed E-state index contributed by atoms with van der Waals surface area (Å²) in [5.41, 5.74) is 2.27. The Hall–Kier alpha value is -2.67. The van der Waals surface area contributed by atoms with E-state index in [1.54, 1.807) is 0 Å². The van der Waals surface area contributed by atoms with Crippen LogP contribution in [0.4, 0.5) is 17.3 Å². The molecule has 7 nitrogen and oxygen atoms in total. The number of hydrogen-bond acceptors (Lipinski definition) is 6. The van der Waals surface area contributed by atoms with Gasteiger partial charge in [-0.25, -0.2) is 9.97 Å². The number of morpholine rings is 1. The summed E-state index contributed by atoms with van der Waals surface area (Å²) >= 11 is 0. The van der Waals surface area contributed by atoms with Crippen LogP contribution in [-0.4, -0.2) is 55.3 Å². The lowest BCUT2D eigenvalue weighted by molar-refractivity contribution is -0.117. The second-order valence-corrected chi connectivity index (χ2v) is 6.49. The van der Waals surface area contributed by atoms with Crippen molar-refractivity contribution in [2.45, 2.75) is 12.8 Å². The van der Waals surface area contributed by atoms with Crippen molar-refractivity contribution in [1.29, 1.82) is 0 Å². The van der Waals surface area contributed by atoms with Crippen LogP contribution in [0.2, 0.25) is 0 Å². The van der Waals surface area contributed by atoms with Gasteiger partial charge in [0.05, 0.1) is 19.8 Å². The van der Waals surface area contributed by atoms with Gasteiger partial charge >= 0.3 is 0 Å². The largest absolute Gasteiger partial charge is 0.378 e. The lowest BCUT2D eigenvalue weighted by Crippen LogP contribution is -2.39. The van der Waals surface area contributed by atoms with Crippen molar-refractivity contribution >= 4 is 23.2 Å². The molecule has 1 N–H and O–H groups in total. The highest BCUT2D eigenvalue weighted by Crippen LogP contribution is 2.26. The molecule has 136 valence electrons. The molecular weight excluding hydrogens is 330 g/mol. The Balaban J connectivity index is 1.41. The van der Waals surface area contributed by atoms with Gasteiger partial charge in [-0.2, -0.15) is 0 Å². The number of anilines is 3. The van der Waals surface area contributed by atoms with E-state index in [-0.39, 0.29) is 12.5 Å². The molecular formula is C19H23N5O2.